The average molecular weight is 1380 g/mol. The van der Waals surface area contributed by atoms with Crippen molar-refractivity contribution in [3.63, 3.8) is 0 Å². The van der Waals surface area contributed by atoms with Crippen molar-refractivity contribution in [1.29, 1.82) is 0 Å². The number of rotatable bonds is 61. The molecule has 3 aliphatic heterocycles. The van der Waals surface area contributed by atoms with Crippen LogP contribution in [0.1, 0.15) is 296 Å². The van der Waals surface area contributed by atoms with Gasteiger partial charge in [-0.25, -0.2) is 0 Å². The van der Waals surface area contributed by atoms with Crippen LogP contribution in [0.5, 0.6) is 0 Å². The van der Waals surface area contributed by atoms with Gasteiger partial charge in [0.05, 0.1) is 38.6 Å². The lowest BCUT2D eigenvalue weighted by Gasteiger charge is -2.48. The second-order valence-corrected chi connectivity index (χ2v) is 27.8. The number of carbonyl (C=O) groups is 1. The Hall–Kier alpha value is -2.51. The predicted molar refractivity (Wildman–Crippen MR) is 383 cm³/mol. The van der Waals surface area contributed by atoms with Crippen LogP contribution >= 0.6 is 0 Å². The lowest BCUT2D eigenvalue weighted by molar-refractivity contribution is -0.379. The number of nitrogens with one attached hydrogen (secondary N) is 1. The fraction of sp³-hybridized carbons (Fsp3) is 0.859. The van der Waals surface area contributed by atoms with Gasteiger partial charge in [0.15, 0.2) is 18.9 Å². The molecule has 3 heterocycles. The van der Waals surface area contributed by atoms with Crippen molar-refractivity contribution in [1.82, 2.24) is 5.32 Å². The second-order valence-electron chi connectivity index (χ2n) is 27.8. The van der Waals surface area contributed by atoms with Gasteiger partial charge in [0.25, 0.3) is 0 Å². The molecule has 3 fully saturated rings. The summed E-state index contributed by atoms with van der Waals surface area (Å²) in [6.45, 7) is 1.73. The third-order valence-electron chi connectivity index (χ3n) is 19.3. The smallest absolute Gasteiger partial charge is 0.220 e. The first-order valence-corrected chi connectivity index (χ1v) is 39.0. The first kappa shape index (κ1) is 88.7. The van der Waals surface area contributed by atoms with E-state index in [1.807, 2.05) is 6.08 Å². The molecule has 0 aromatic carbocycles. The van der Waals surface area contributed by atoms with E-state index in [1.54, 1.807) is 6.08 Å². The Balaban J connectivity index is 1.41. The Morgan fingerprint density at radius 2 is 0.691 bits per heavy atom. The molecule has 12 N–H and O–H groups in total. The van der Waals surface area contributed by atoms with E-state index in [4.69, 9.17) is 28.4 Å². The minimum Gasteiger partial charge on any atom is -0.394 e. The molecular weight excluding hydrogens is 1240 g/mol. The zero-order valence-corrected chi connectivity index (χ0v) is 60.3. The van der Waals surface area contributed by atoms with E-state index >= 15 is 0 Å². The SMILES string of the molecule is CCCCCCC/C=C\C/C=C\CCCCCCCCCCCCCCCCCC(=O)NC(COC1OC(CO)C(OC2OC(CO)C(OC3OC(CO)C(O)C(O)C3O)C(O)C2O)C(O)C1O)C(O)/C=C/CC/C=C/CC/C=C/CCCCCCCCCCCCCCCCC. The molecule has 0 aromatic rings. The average Bonchev–Trinajstić information content (AvgIpc) is 0.790. The lowest BCUT2D eigenvalue weighted by Crippen LogP contribution is -2.66. The molecule has 17 unspecified atom stereocenters. The molecular formula is C78H141NO18. The predicted octanol–water partition coefficient (Wildman–Crippen LogP) is 12.3. The van der Waals surface area contributed by atoms with Crippen LogP contribution in [-0.2, 0) is 33.2 Å². The topological polar surface area (TPSA) is 307 Å². The highest BCUT2D eigenvalue weighted by Gasteiger charge is 2.53. The Morgan fingerprint density at radius 3 is 1.09 bits per heavy atom. The molecule has 566 valence electrons. The lowest BCUT2D eigenvalue weighted by atomic mass is 9.96. The maximum Gasteiger partial charge on any atom is 0.220 e. The van der Waals surface area contributed by atoms with Gasteiger partial charge in [-0.15, -0.1) is 0 Å². The Bertz CT molecular complexity index is 1990. The molecule has 3 aliphatic rings. The van der Waals surface area contributed by atoms with Gasteiger partial charge in [0.1, 0.15) is 73.2 Å². The third-order valence-corrected chi connectivity index (χ3v) is 19.3. The number of carbonyl (C=O) groups excluding carboxylic acids is 1. The van der Waals surface area contributed by atoms with Crippen molar-refractivity contribution in [3.05, 3.63) is 60.8 Å². The minimum absolute atomic E-state index is 0.231. The Kier molecular flexibility index (Phi) is 53.9. The van der Waals surface area contributed by atoms with Crippen molar-refractivity contribution in [2.24, 2.45) is 0 Å². The summed E-state index contributed by atoms with van der Waals surface area (Å²) in [6.07, 6.45) is 47.7. The quantitative estimate of drug-likeness (QED) is 0.0199. The summed E-state index contributed by atoms with van der Waals surface area (Å²) in [5, 5.41) is 121. The Morgan fingerprint density at radius 1 is 0.371 bits per heavy atom. The highest BCUT2D eigenvalue weighted by atomic mass is 16.8. The second kappa shape index (κ2) is 58.9. The summed E-state index contributed by atoms with van der Waals surface area (Å²) >= 11 is 0. The number of aliphatic hydroxyl groups is 11. The van der Waals surface area contributed by atoms with Gasteiger partial charge < -0.3 is 89.9 Å². The number of unbranched alkanes of at least 4 members (excludes halogenated alkanes) is 37. The van der Waals surface area contributed by atoms with Crippen molar-refractivity contribution in [2.75, 3.05) is 26.4 Å². The van der Waals surface area contributed by atoms with E-state index in [1.165, 1.54) is 212 Å². The fourth-order valence-electron chi connectivity index (χ4n) is 13.0. The monoisotopic (exact) mass is 1380 g/mol. The summed E-state index contributed by atoms with van der Waals surface area (Å²) in [7, 11) is 0. The van der Waals surface area contributed by atoms with Crippen LogP contribution in [0, 0.1) is 0 Å². The summed E-state index contributed by atoms with van der Waals surface area (Å²) in [6, 6.07) is -0.999. The molecule has 0 radical (unpaired) electrons. The Labute approximate surface area is 586 Å². The van der Waals surface area contributed by atoms with E-state index in [0.29, 0.717) is 12.8 Å². The van der Waals surface area contributed by atoms with Gasteiger partial charge in [0, 0.05) is 6.42 Å². The van der Waals surface area contributed by atoms with Crippen molar-refractivity contribution in [3.8, 4) is 0 Å². The zero-order chi connectivity index (χ0) is 70.4. The van der Waals surface area contributed by atoms with Crippen LogP contribution in [0.25, 0.3) is 0 Å². The number of hydrogen-bond acceptors (Lipinski definition) is 18. The van der Waals surface area contributed by atoms with E-state index in [-0.39, 0.29) is 18.9 Å². The molecule has 0 saturated carbocycles. The van der Waals surface area contributed by atoms with E-state index < -0.39 is 124 Å². The molecule has 0 aromatic heterocycles. The highest BCUT2D eigenvalue weighted by Crippen LogP contribution is 2.33. The van der Waals surface area contributed by atoms with E-state index in [9.17, 15) is 61.0 Å². The number of amides is 1. The maximum absolute atomic E-state index is 13.5. The summed E-state index contributed by atoms with van der Waals surface area (Å²) in [4.78, 5) is 13.5. The van der Waals surface area contributed by atoms with E-state index in [2.05, 4.69) is 67.8 Å². The van der Waals surface area contributed by atoms with Crippen LogP contribution in [0.2, 0.25) is 0 Å². The van der Waals surface area contributed by atoms with Gasteiger partial charge in [0.2, 0.25) is 5.91 Å². The molecule has 3 rings (SSSR count). The first-order valence-electron chi connectivity index (χ1n) is 39.0. The highest BCUT2D eigenvalue weighted by molar-refractivity contribution is 5.76. The van der Waals surface area contributed by atoms with E-state index in [0.717, 1.165) is 51.4 Å². The van der Waals surface area contributed by atoms with Gasteiger partial charge in [-0.3, -0.25) is 4.79 Å². The molecule has 97 heavy (non-hydrogen) atoms. The summed E-state index contributed by atoms with van der Waals surface area (Å²) < 4.78 is 34.4. The molecule has 19 heteroatoms. The normalized spacial score (nSPS) is 27.2. The van der Waals surface area contributed by atoms with Crippen molar-refractivity contribution >= 4 is 5.91 Å². The van der Waals surface area contributed by atoms with Gasteiger partial charge >= 0.3 is 0 Å². The van der Waals surface area contributed by atoms with Crippen molar-refractivity contribution in [2.45, 2.75) is 401 Å². The van der Waals surface area contributed by atoms with Gasteiger partial charge in [-0.2, -0.15) is 0 Å². The molecule has 19 nitrogen and oxygen atoms in total. The van der Waals surface area contributed by atoms with Crippen molar-refractivity contribution < 1.29 is 89.4 Å². The standard InChI is InChI=1S/C78H141NO18/c1-3-5-7-9-11-13-15-17-19-21-23-25-27-29-30-32-34-36-38-40-42-44-46-48-50-52-54-56-66(84)79-61(62(83)55-53-51-49-47-45-43-41-39-37-35-33-31-28-26-24-22-20-18-16-14-12-10-8-6-4-2)60-92-76-72(90)69(87)74(64(58-81)94-76)97-78-73(91)70(88)75(65(59-82)95-78)96-77-71(89)68(86)67(85)63(57-80)93-77/h15,17,21,23,37,39,45,47,53,55,61-65,67-78,80-83,85-91H,3-14,16,18-20,22,24-36,38,40-44,46,48-52,54,56-60H2,1-2H3,(H,79,84)/b17-15-,23-21-,39-37+,47-45+,55-53+. The molecule has 1 amide bonds. The van der Waals surface area contributed by atoms with Crippen LogP contribution < -0.4 is 5.32 Å². The van der Waals surface area contributed by atoms with Crippen LogP contribution in [0.15, 0.2) is 60.8 Å². The molecule has 0 aliphatic carbocycles. The van der Waals surface area contributed by atoms with Crippen LogP contribution in [-0.4, -0.2) is 193 Å². The number of ether oxygens (including phenoxy) is 6. The summed E-state index contributed by atoms with van der Waals surface area (Å²) in [5.41, 5.74) is 0. The molecule has 0 bridgehead atoms. The van der Waals surface area contributed by atoms with Gasteiger partial charge in [-0.1, -0.05) is 274 Å². The number of hydrogen-bond donors (Lipinski definition) is 12. The third kappa shape index (κ3) is 39.6. The first-order chi connectivity index (χ1) is 47.3. The minimum atomic E-state index is -1.98. The molecule has 17 atom stereocenters. The largest absolute Gasteiger partial charge is 0.394 e. The van der Waals surface area contributed by atoms with Crippen LogP contribution in [0.3, 0.4) is 0 Å². The molecule has 0 spiro atoms. The number of aliphatic hydroxyl groups excluding tert-OH is 11. The fourth-order valence-corrected chi connectivity index (χ4v) is 13.0. The molecule has 3 saturated heterocycles. The maximum atomic E-state index is 13.5. The zero-order valence-electron chi connectivity index (χ0n) is 60.3. The van der Waals surface area contributed by atoms with Crippen LogP contribution in [0.4, 0.5) is 0 Å². The summed E-state index contributed by atoms with van der Waals surface area (Å²) in [5.74, 6) is -0.287. The van der Waals surface area contributed by atoms with Gasteiger partial charge in [-0.05, 0) is 77.0 Å². The number of allylic oxidation sites excluding steroid dienone is 9.